The van der Waals surface area contributed by atoms with Crippen molar-refractivity contribution in [2.75, 3.05) is 24.7 Å². The first-order valence-electron chi connectivity index (χ1n) is 8.20. The van der Waals surface area contributed by atoms with Crippen LogP contribution in [0.3, 0.4) is 0 Å². The molecule has 3 heterocycles. The lowest BCUT2D eigenvalue weighted by Crippen LogP contribution is -2.53. The molecule has 2 fully saturated rings. The highest BCUT2D eigenvalue weighted by molar-refractivity contribution is 7.91. The Bertz CT molecular complexity index is 650. The molecule has 2 saturated heterocycles. The number of carbonyl (C=O) groups is 1. The molecule has 0 aliphatic carbocycles. The van der Waals surface area contributed by atoms with E-state index >= 15 is 0 Å². The van der Waals surface area contributed by atoms with Crippen molar-refractivity contribution in [2.24, 2.45) is 5.92 Å². The third-order valence-corrected chi connectivity index (χ3v) is 6.17. The van der Waals surface area contributed by atoms with Crippen LogP contribution < -0.4 is 10.1 Å². The molecule has 0 unspecified atom stereocenters. The number of sulfone groups is 1. The molecule has 2 aliphatic rings. The van der Waals surface area contributed by atoms with Gasteiger partial charge in [0.25, 0.3) is 0 Å². The van der Waals surface area contributed by atoms with Gasteiger partial charge in [-0.3, -0.25) is 4.79 Å². The van der Waals surface area contributed by atoms with Crippen molar-refractivity contribution >= 4 is 15.7 Å². The van der Waals surface area contributed by atoms with Crippen LogP contribution in [0.5, 0.6) is 5.88 Å². The lowest BCUT2D eigenvalue weighted by atomic mass is 10.00. The first-order valence-corrected chi connectivity index (χ1v) is 10.0. The summed E-state index contributed by atoms with van der Waals surface area (Å²) in [5.41, 5.74) is 0. The Kier molecular flexibility index (Phi) is 5.35. The molecule has 2 aliphatic heterocycles. The monoisotopic (exact) mass is 354 g/mol. The third kappa shape index (κ3) is 4.45. The summed E-state index contributed by atoms with van der Waals surface area (Å²) in [6.45, 7) is 0.958. The summed E-state index contributed by atoms with van der Waals surface area (Å²) in [6, 6.07) is 5.18. The number of hydrogen-bond acceptors (Lipinski definition) is 6. The second-order valence-electron chi connectivity index (χ2n) is 6.23. The molecule has 2 atom stereocenters. The number of amides is 1. The topological polar surface area (TPSA) is 94.6 Å². The Morgan fingerprint density at radius 3 is 2.75 bits per heavy atom. The quantitative estimate of drug-likeness (QED) is 0.849. The highest BCUT2D eigenvalue weighted by Gasteiger charge is 2.33. The van der Waals surface area contributed by atoms with Gasteiger partial charge in [0.1, 0.15) is 15.9 Å². The third-order valence-electron chi connectivity index (χ3n) is 4.46. The van der Waals surface area contributed by atoms with Crippen LogP contribution in [0.15, 0.2) is 24.4 Å². The summed E-state index contributed by atoms with van der Waals surface area (Å²) in [7, 11) is -2.97. The Labute approximate surface area is 141 Å². The van der Waals surface area contributed by atoms with E-state index in [4.69, 9.17) is 9.47 Å². The molecule has 132 valence electrons. The van der Waals surface area contributed by atoms with Gasteiger partial charge in [-0.15, -0.1) is 0 Å². The van der Waals surface area contributed by atoms with Gasteiger partial charge in [-0.1, -0.05) is 6.07 Å². The van der Waals surface area contributed by atoms with E-state index in [0.717, 1.165) is 0 Å². The molecular weight excluding hydrogens is 332 g/mol. The molecule has 0 radical (unpaired) electrons. The van der Waals surface area contributed by atoms with Crippen LogP contribution in [0.2, 0.25) is 0 Å². The maximum absolute atomic E-state index is 12.4. The van der Waals surface area contributed by atoms with Gasteiger partial charge in [0.05, 0.1) is 30.8 Å². The van der Waals surface area contributed by atoms with E-state index in [2.05, 4.69) is 10.3 Å². The van der Waals surface area contributed by atoms with E-state index in [1.165, 1.54) is 0 Å². The lowest BCUT2D eigenvalue weighted by molar-refractivity contribution is -0.128. The number of pyridine rings is 1. The zero-order valence-corrected chi connectivity index (χ0v) is 14.2. The number of aromatic nitrogens is 1. The minimum absolute atomic E-state index is 0.0834. The normalized spacial score (nSPS) is 27.3. The maximum atomic E-state index is 12.4. The van der Waals surface area contributed by atoms with Crippen LogP contribution in [-0.4, -0.2) is 56.2 Å². The van der Waals surface area contributed by atoms with Crippen molar-refractivity contribution in [3.63, 3.8) is 0 Å². The molecule has 1 aromatic heterocycles. The van der Waals surface area contributed by atoms with E-state index in [9.17, 15) is 13.2 Å². The van der Waals surface area contributed by atoms with Crippen molar-refractivity contribution in [3.8, 4) is 5.88 Å². The van der Waals surface area contributed by atoms with Crippen molar-refractivity contribution < 1.29 is 22.7 Å². The van der Waals surface area contributed by atoms with Crippen LogP contribution >= 0.6 is 0 Å². The molecule has 3 rings (SSSR count). The molecule has 7 nitrogen and oxygen atoms in total. The van der Waals surface area contributed by atoms with Gasteiger partial charge in [0, 0.05) is 24.6 Å². The summed E-state index contributed by atoms with van der Waals surface area (Å²) < 4.78 is 34.3. The van der Waals surface area contributed by atoms with Crippen molar-refractivity contribution in [1.82, 2.24) is 10.3 Å². The summed E-state index contributed by atoms with van der Waals surface area (Å²) in [5, 5.41) is 2.97. The zero-order valence-electron chi connectivity index (χ0n) is 13.4. The molecule has 0 bridgehead atoms. The van der Waals surface area contributed by atoms with Crippen molar-refractivity contribution in [1.29, 1.82) is 0 Å². The van der Waals surface area contributed by atoms with Gasteiger partial charge >= 0.3 is 0 Å². The summed E-state index contributed by atoms with van der Waals surface area (Å²) >= 11 is 0. The average molecular weight is 354 g/mol. The Morgan fingerprint density at radius 2 is 2.04 bits per heavy atom. The zero-order chi connectivity index (χ0) is 17.0. The van der Waals surface area contributed by atoms with Crippen LogP contribution in [0.4, 0.5) is 0 Å². The summed E-state index contributed by atoms with van der Waals surface area (Å²) in [5.74, 6) is 0.314. The molecule has 0 saturated carbocycles. The van der Waals surface area contributed by atoms with Crippen LogP contribution in [0, 0.1) is 5.92 Å². The number of nitrogens with one attached hydrogen (secondary N) is 1. The fourth-order valence-corrected chi connectivity index (χ4v) is 4.51. The predicted octanol–water partition coefficient (Wildman–Crippen LogP) is 0.559. The van der Waals surface area contributed by atoms with Crippen LogP contribution in [0.25, 0.3) is 0 Å². The van der Waals surface area contributed by atoms with E-state index in [0.29, 0.717) is 38.4 Å². The Hall–Kier alpha value is -1.67. The average Bonchev–Trinajstić information content (AvgIpc) is 2.57. The minimum atomic E-state index is -2.97. The molecule has 1 N–H and O–H groups in total. The Balaban J connectivity index is 1.58. The van der Waals surface area contributed by atoms with E-state index < -0.39 is 9.84 Å². The molecule has 0 spiro atoms. The lowest BCUT2D eigenvalue weighted by Gasteiger charge is -2.33. The number of rotatable bonds is 4. The molecular formula is C16H22N2O5S. The smallest absolute Gasteiger partial charge is 0.223 e. The summed E-state index contributed by atoms with van der Waals surface area (Å²) in [6.07, 6.45) is 2.89. The van der Waals surface area contributed by atoms with Gasteiger partial charge in [-0.2, -0.15) is 0 Å². The molecule has 8 heteroatoms. The maximum Gasteiger partial charge on any atom is 0.223 e. The van der Waals surface area contributed by atoms with Crippen LogP contribution in [-0.2, 0) is 19.4 Å². The minimum Gasteiger partial charge on any atom is -0.472 e. The number of hydrogen-bond donors (Lipinski definition) is 1. The van der Waals surface area contributed by atoms with Gasteiger partial charge in [0.15, 0.2) is 0 Å². The number of carbonyl (C=O) groups excluding carboxylic acids is 1. The van der Waals surface area contributed by atoms with E-state index in [-0.39, 0.29) is 35.5 Å². The molecule has 0 aromatic carbocycles. The molecule has 1 amide bonds. The second kappa shape index (κ2) is 7.48. The first-order chi connectivity index (χ1) is 11.5. The SMILES string of the molecule is O=C(N[C@@H]1COCC[C@H]1Oc1ccccn1)C1CCS(=O)(=O)CC1. The molecule has 1 aromatic rings. The number of nitrogens with zero attached hydrogens (tertiary/aromatic N) is 1. The van der Waals surface area contributed by atoms with E-state index in [1.807, 2.05) is 12.1 Å². The Morgan fingerprint density at radius 1 is 1.25 bits per heavy atom. The van der Waals surface area contributed by atoms with Crippen molar-refractivity contribution in [2.45, 2.75) is 31.4 Å². The molecule has 24 heavy (non-hydrogen) atoms. The standard InChI is InChI=1S/C16H22N2O5S/c19-16(12-5-9-24(20,21)10-6-12)18-13-11-22-8-4-14(13)23-15-3-1-2-7-17-15/h1-3,7,12-14H,4-6,8-11H2,(H,18,19)/t13-,14-/m1/s1. The van der Waals surface area contributed by atoms with E-state index in [1.54, 1.807) is 12.3 Å². The van der Waals surface area contributed by atoms with Gasteiger partial charge in [-0.25, -0.2) is 13.4 Å². The van der Waals surface area contributed by atoms with Crippen molar-refractivity contribution in [3.05, 3.63) is 24.4 Å². The van der Waals surface area contributed by atoms with Gasteiger partial charge in [0.2, 0.25) is 11.8 Å². The summed E-state index contributed by atoms with van der Waals surface area (Å²) in [4.78, 5) is 16.6. The highest BCUT2D eigenvalue weighted by atomic mass is 32.2. The second-order valence-corrected chi connectivity index (χ2v) is 8.53. The fraction of sp³-hybridized carbons (Fsp3) is 0.625. The largest absolute Gasteiger partial charge is 0.472 e. The number of ether oxygens (including phenoxy) is 2. The highest BCUT2D eigenvalue weighted by Crippen LogP contribution is 2.21. The van der Waals surface area contributed by atoms with Gasteiger partial charge in [-0.05, 0) is 18.9 Å². The predicted molar refractivity (Wildman–Crippen MR) is 87.4 cm³/mol. The first kappa shape index (κ1) is 17.2. The van der Waals surface area contributed by atoms with Crippen LogP contribution in [0.1, 0.15) is 19.3 Å². The van der Waals surface area contributed by atoms with Gasteiger partial charge < -0.3 is 14.8 Å². The fourth-order valence-electron chi connectivity index (χ4n) is 3.02.